The van der Waals surface area contributed by atoms with E-state index >= 15 is 0 Å². The molecule has 1 nitrogen and oxygen atoms in total. The Hall–Kier alpha value is 0.394. The van der Waals surface area contributed by atoms with Crippen LogP contribution < -0.4 is 4.98 Å². The van der Waals surface area contributed by atoms with Crippen molar-refractivity contribution in [2.24, 2.45) is 0 Å². The lowest BCUT2D eigenvalue weighted by molar-refractivity contribution is 0.618. The van der Waals surface area contributed by atoms with Crippen molar-refractivity contribution in [3.8, 4) is 0 Å². The molecule has 0 fully saturated rings. The lowest BCUT2D eigenvalue weighted by Gasteiger charge is -2.29. The van der Waals surface area contributed by atoms with Crippen molar-refractivity contribution in [2.45, 2.75) is 135 Å². The molecule has 0 amide bonds. The predicted octanol–water partition coefficient (Wildman–Crippen LogP) is 8.21. The van der Waals surface area contributed by atoms with Gasteiger partial charge in [-0.15, -0.1) is 0 Å². The molecule has 0 aliphatic carbocycles. The highest BCUT2D eigenvalue weighted by Crippen LogP contribution is 2.23. The number of nitrogens with one attached hydrogen (secondary N) is 1. The van der Waals surface area contributed by atoms with E-state index in [4.69, 9.17) is 0 Å². The van der Waals surface area contributed by atoms with Crippen molar-refractivity contribution in [2.75, 3.05) is 6.54 Å². The maximum atomic E-state index is 3.98. The average molecular weight is 386 g/mol. The van der Waals surface area contributed by atoms with Crippen LogP contribution in [0, 0.1) is 0 Å². The Balaban J connectivity index is 3.59. The average Bonchev–Trinajstić information content (AvgIpc) is 2.61. The van der Waals surface area contributed by atoms with E-state index in [1.807, 2.05) is 0 Å². The van der Waals surface area contributed by atoms with Crippen LogP contribution >= 0.6 is 0 Å². The second kappa shape index (κ2) is 15.5. The molecular formula is C22H51NSi2. The third kappa shape index (κ3) is 13.2. The number of hydrogen-bond acceptors (Lipinski definition) is 1. The van der Waals surface area contributed by atoms with E-state index in [9.17, 15) is 0 Å². The van der Waals surface area contributed by atoms with Crippen molar-refractivity contribution in [1.29, 1.82) is 0 Å². The van der Waals surface area contributed by atoms with Crippen molar-refractivity contribution in [3.05, 3.63) is 0 Å². The maximum absolute atomic E-state index is 3.98. The van der Waals surface area contributed by atoms with Gasteiger partial charge in [0.2, 0.25) is 0 Å². The van der Waals surface area contributed by atoms with E-state index in [0.717, 1.165) is 0 Å². The van der Waals surface area contributed by atoms with Gasteiger partial charge in [0, 0.05) is 8.07 Å². The first-order valence-electron chi connectivity index (χ1n) is 11.7. The molecule has 0 aromatic carbocycles. The Morgan fingerprint density at radius 2 is 1.00 bits per heavy atom. The summed E-state index contributed by atoms with van der Waals surface area (Å²) in [5.41, 5.74) is 0. The minimum absolute atomic E-state index is 0.885. The quantitative estimate of drug-likeness (QED) is 0.185. The molecular weight excluding hydrogens is 334 g/mol. The fourth-order valence-corrected chi connectivity index (χ4v) is 9.69. The first kappa shape index (κ1) is 25.4. The van der Waals surface area contributed by atoms with Gasteiger partial charge < -0.3 is 4.98 Å². The Labute approximate surface area is 163 Å². The van der Waals surface area contributed by atoms with Crippen LogP contribution in [0.2, 0.25) is 43.3 Å². The van der Waals surface area contributed by atoms with E-state index in [1.165, 1.54) is 88.9 Å². The first-order chi connectivity index (χ1) is 11.9. The summed E-state index contributed by atoms with van der Waals surface area (Å²) >= 11 is 0. The molecule has 1 N–H and O–H groups in total. The highest BCUT2D eigenvalue weighted by Gasteiger charge is 2.25. The fraction of sp³-hybridized carbons (Fsp3) is 1.00. The van der Waals surface area contributed by atoms with Gasteiger partial charge in [-0.25, -0.2) is 0 Å². The van der Waals surface area contributed by atoms with E-state index in [0.29, 0.717) is 0 Å². The van der Waals surface area contributed by atoms with Gasteiger partial charge in [-0.2, -0.15) is 0 Å². The molecule has 0 unspecified atom stereocenters. The van der Waals surface area contributed by atoms with Crippen LogP contribution in [0.4, 0.5) is 0 Å². The number of rotatable bonds is 18. The Bertz CT molecular complexity index is 279. The van der Waals surface area contributed by atoms with Crippen molar-refractivity contribution < 1.29 is 0 Å². The summed E-state index contributed by atoms with van der Waals surface area (Å²) in [7, 11) is -1.97. The monoisotopic (exact) mass is 385 g/mol. The summed E-state index contributed by atoms with van der Waals surface area (Å²) in [6, 6.07) is 7.34. The van der Waals surface area contributed by atoms with Gasteiger partial charge in [0.1, 0.15) is 8.24 Å². The van der Waals surface area contributed by atoms with Crippen molar-refractivity contribution in [1.82, 2.24) is 4.98 Å². The Morgan fingerprint density at radius 1 is 0.560 bits per heavy atom. The molecule has 152 valence electrons. The summed E-state index contributed by atoms with van der Waals surface area (Å²) in [6.45, 7) is 16.0. The van der Waals surface area contributed by atoms with Gasteiger partial charge in [0.05, 0.1) is 0 Å². The standard InChI is InChI=1S/C22H51NSi2/c1-7-11-12-15-18-21-24(5,6)22-19-16-13-14-17-20-23-25(8-2,9-3)10-4/h23H,7-22H2,1-6H3. The molecule has 0 heterocycles. The van der Waals surface area contributed by atoms with Crippen LogP contribution in [0.15, 0.2) is 0 Å². The minimum Gasteiger partial charge on any atom is -0.337 e. The predicted molar refractivity (Wildman–Crippen MR) is 124 cm³/mol. The van der Waals surface area contributed by atoms with E-state index in [-0.39, 0.29) is 0 Å². The molecule has 0 aromatic heterocycles. The Morgan fingerprint density at radius 3 is 1.48 bits per heavy atom. The van der Waals surface area contributed by atoms with E-state index in [1.54, 1.807) is 12.1 Å². The highest BCUT2D eigenvalue weighted by atomic mass is 28.3. The zero-order valence-corrected chi connectivity index (χ0v) is 20.8. The molecule has 0 bridgehead atoms. The largest absolute Gasteiger partial charge is 0.337 e. The van der Waals surface area contributed by atoms with Crippen molar-refractivity contribution >= 4 is 16.3 Å². The topological polar surface area (TPSA) is 12.0 Å². The zero-order chi connectivity index (χ0) is 19.0. The van der Waals surface area contributed by atoms with Crippen LogP contribution in [0.1, 0.15) is 91.9 Å². The third-order valence-electron chi connectivity index (χ3n) is 6.52. The first-order valence-corrected chi connectivity index (χ1v) is 17.7. The van der Waals surface area contributed by atoms with Gasteiger partial charge in [0.25, 0.3) is 0 Å². The summed E-state index contributed by atoms with van der Waals surface area (Å²) in [5.74, 6) is 0. The minimum atomic E-state index is -1.08. The second-order valence-electron chi connectivity index (χ2n) is 9.11. The van der Waals surface area contributed by atoms with Gasteiger partial charge in [-0.1, -0.05) is 111 Å². The SMILES string of the molecule is CCCCCCC[Si](C)(C)CCCCCCCN[Si](CC)(CC)CC. The second-order valence-corrected chi connectivity index (χ2v) is 19.5. The van der Waals surface area contributed by atoms with Gasteiger partial charge >= 0.3 is 0 Å². The highest BCUT2D eigenvalue weighted by molar-refractivity contribution is 6.77. The molecule has 0 saturated carbocycles. The normalized spacial score (nSPS) is 12.7. The van der Waals surface area contributed by atoms with Crippen LogP contribution in [-0.4, -0.2) is 22.9 Å². The van der Waals surface area contributed by atoms with Crippen LogP contribution in [0.3, 0.4) is 0 Å². The molecule has 0 aliphatic heterocycles. The third-order valence-corrected chi connectivity index (χ3v) is 15.0. The lowest BCUT2D eigenvalue weighted by Crippen LogP contribution is -2.49. The van der Waals surface area contributed by atoms with Gasteiger partial charge in [0.15, 0.2) is 0 Å². The lowest BCUT2D eigenvalue weighted by atomic mass is 10.1. The molecule has 0 aliphatic rings. The van der Waals surface area contributed by atoms with E-state index in [2.05, 4.69) is 45.8 Å². The molecule has 0 spiro atoms. The van der Waals surface area contributed by atoms with Crippen molar-refractivity contribution in [3.63, 3.8) is 0 Å². The number of unbranched alkanes of at least 4 members (excludes halogenated alkanes) is 8. The summed E-state index contributed by atoms with van der Waals surface area (Å²) < 4.78 is 0. The zero-order valence-electron chi connectivity index (χ0n) is 18.8. The molecule has 0 saturated heterocycles. The molecule has 0 rings (SSSR count). The van der Waals surface area contributed by atoms with Crippen LogP contribution in [0.5, 0.6) is 0 Å². The summed E-state index contributed by atoms with van der Waals surface area (Å²) in [4.78, 5) is 3.98. The molecule has 3 heteroatoms. The van der Waals surface area contributed by atoms with Crippen LogP contribution in [-0.2, 0) is 0 Å². The van der Waals surface area contributed by atoms with Crippen LogP contribution in [0.25, 0.3) is 0 Å². The number of hydrogen-bond donors (Lipinski definition) is 1. The summed E-state index contributed by atoms with van der Waals surface area (Å²) in [6.07, 6.45) is 14.5. The van der Waals surface area contributed by atoms with Gasteiger partial charge in [-0.05, 0) is 31.1 Å². The maximum Gasteiger partial charge on any atom is 0.124 e. The Kier molecular flexibility index (Phi) is 15.7. The fourth-order valence-electron chi connectivity index (χ4n) is 4.07. The molecule has 0 atom stereocenters. The molecule has 0 aromatic rings. The van der Waals surface area contributed by atoms with Gasteiger partial charge in [-0.3, -0.25) is 0 Å². The summed E-state index contributed by atoms with van der Waals surface area (Å²) in [5, 5.41) is 0. The molecule has 25 heavy (non-hydrogen) atoms. The molecule has 0 radical (unpaired) electrons. The van der Waals surface area contributed by atoms with E-state index < -0.39 is 16.3 Å². The smallest absolute Gasteiger partial charge is 0.124 e.